The summed E-state index contributed by atoms with van der Waals surface area (Å²) >= 11 is 6.86. The molecule has 1 amide bonds. The molecule has 1 aromatic carbocycles. The van der Waals surface area contributed by atoms with Gasteiger partial charge in [0.05, 0.1) is 16.7 Å². The number of ether oxygens (including phenoxy) is 1. The molecule has 0 fully saturated rings. The van der Waals surface area contributed by atoms with Crippen molar-refractivity contribution in [3.05, 3.63) is 56.7 Å². The highest BCUT2D eigenvalue weighted by atomic mass is 35.5. The first-order valence-corrected chi connectivity index (χ1v) is 9.11. The Morgan fingerprint density at radius 2 is 2.11 bits per heavy atom. The lowest BCUT2D eigenvalue weighted by molar-refractivity contribution is -0.111. The van der Waals surface area contributed by atoms with Gasteiger partial charge in [-0.2, -0.15) is 5.26 Å². The van der Waals surface area contributed by atoms with Crippen LogP contribution in [0.25, 0.3) is 6.08 Å². The molecule has 0 spiro atoms. The van der Waals surface area contributed by atoms with Gasteiger partial charge in [-0.1, -0.05) is 17.7 Å². The zero-order valence-corrected chi connectivity index (χ0v) is 16.4. The number of anilines is 1. The van der Waals surface area contributed by atoms with Crippen molar-refractivity contribution in [2.75, 3.05) is 5.32 Å². The predicted octanol–water partition coefficient (Wildman–Crippen LogP) is 4.94. The zero-order valence-electron chi connectivity index (χ0n) is 14.8. The standard InChI is InChI=1S/C19H16ClFN2O3S/c1-10(2)26-19(25)17-11(3)13(9-22)18(27-17)23-16(24)8-7-12-14(20)5-4-6-15(12)21/h4-8,10H,1-3H3,(H,23,24). The van der Waals surface area contributed by atoms with Crippen LogP contribution in [0.1, 0.15) is 40.2 Å². The van der Waals surface area contributed by atoms with Crippen LogP contribution in [0, 0.1) is 24.1 Å². The maximum atomic E-state index is 13.7. The largest absolute Gasteiger partial charge is 0.459 e. The van der Waals surface area contributed by atoms with Gasteiger partial charge in [0.2, 0.25) is 5.91 Å². The van der Waals surface area contributed by atoms with Crippen molar-refractivity contribution in [3.8, 4) is 6.07 Å². The van der Waals surface area contributed by atoms with Gasteiger partial charge in [0.25, 0.3) is 0 Å². The molecule has 0 aliphatic carbocycles. The van der Waals surface area contributed by atoms with Crippen LogP contribution in [-0.4, -0.2) is 18.0 Å². The molecule has 0 bridgehead atoms. The predicted molar refractivity (Wildman–Crippen MR) is 103 cm³/mol. The maximum absolute atomic E-state index is 13.7. The number of carbonyl (C=O) groups is 2. The second-order valence-corrected chi connectivity index (χ2v) is 7.21. The van der Waals surface area contributed by atoms with Gasteiger partial charge in [-0.15, -0.1) is 11.3 Å². The molecule has 0 radical (unpaired) electrons. The van der Waals surface area contributed by atoms with Gasteiger partial charge in [-0.25, -0.2) is 9.18 Å². The van der Waals surface area contributed by atoms with Crippen LogP contribution in [0.5, 0.6) is 0 Å². The third-order valence-corrected chi connectivity index (χ3v) is 4.94. The number of nitrogens with zero attached hydrogens (tertiary/aromatic N) is 1. The van der Waals surface area contributed by atoms with Crippen molar-refractivity contribution in [3.63, 3.8) is 0 Å². The third kappa shape index (κ3) is 4.94. The number of amides is 1. The molecule has 0 atom stereocenters. The summed E-state index contributed by atoms with van der Waals surface area (Å²) in [6.45, 7) is 5.04. The Labute approximate surface area is 165 Å². The van der Waals surface area contributed by atoms with E-state index >= 15 is 0 Å². The minimum atomic E-state index is -0.587. The molecule has 0 aliphatic heterocycles. The number of benzene rings is 1. The molecule has 5 nitrogen and oxygen atoms in total. The van der Waals surface area contributed by atoms with Crippen LogP contribution < -0.4 is 5.32 Å². The normalized spacial score (nSPS) is 10.9. The van der Waals surface area contributed by atoms with Gasteiger partial charge in [0.1, 0.15) is 21.8 Å². The smallest absolute Gasteiger partial charge is 0.348 e. The Balaban J connectivity index is 2.24. The lowest BCUT2D eigenvalue weighted by atomic mass is 10.1. The zero-order chi connectivity index (χ0) is 20.1. The minimum absolute atomic E-state index is 0.0818. The van der Waals surface area contributed by atoms with Crippen molar-refractivity contribution in [1.29, 1.82) is 5.26 Å². The topological polar surface area (TPSA) is 79.2 Å². The molecule has 0 saturated carbocycles. The van der Waals surface area contributed by atoms with Gasteiger partial charge >= 0.3 is 5.97 Å². The molecule has 1 heterocycles. The molecule has 140 valence electrons. The van der Waals surface area contributed by atoms with E-state index < -0.39 is 17.7 Å². The number of nitrogens with one attached hydrogen (secondary N) is 1. The van der Waals surface area contributed by atoms with Crippen molar-refractivity contribution in [2.24, 2.45) is 0 Å². The monoisotopic (exact) mass is 406 g/mol. The minimum Gasteiger partial charge on any atom is -0.459 e. The van der Waals surface area contributed by atoms with Gasteiger partial charge in [-0.3, -0.25) is 4.79 Å². The second-order valence-electron chi connectivity index (χ2n) is 5.78. The van der Waals surface area contributed by atoms with Crippen LogP contribution in [0.15, 0.2) is 24.3 Å². The summed E-state index contributed by atoms with van der Waals surface area (Å²) in [6.07, 6.45) is 2.04. The molecule has 0 aliphatic rings. The highest BCUT2D eigenvalue weighted by Gasteiger charge is 2.22. The summed E-state index contributed by atoms with van der Waals surface area (Å²) in [5.41, 5.74) is 0.698. The third-order valence-electron chi connectivity index (χ3n) is 3.42. The average Bonchev–Trinajstić information content (AvgIpc) is 2.89. The summed E-state index contributed by atoms with van der Waals surface area (Å²) in [5.74, 6) is -1.70. The van der Waals surface area contributed by atoms with Crippen LogP contribution in [0.3, 0.4) is 0 Å². The fourth-order valence-electron chi connectivity index (χ4n) is 2.18. The summed E-state index contributed by atoms with van der Waals surface area (Å²) in [6, 6.07) is 6.17. The number of thiophene rings is 1. The fraction of sp³-hybridized carbons (Fsp3) is 0.211. The first-order valence-electron chi connectivity index (χ1n) is 7.92. The van der Waals surface area contributed by atoms with Crippen molar-refractivity contribution >= 4 is 45.9 Å². The SMILES string of the molecule is Cc1c(C(=O)OC(C)C)sc(NC(=O)C=Cc2c(F)cccc2Cl)c1C#N. The fourth-order valence-corrected chi connectivity index (χ4v) is 3.45. The highest BCUT2D eigenvalue weighted by Crippen LogP contribution is 2.33. The lowest BCUT2D eigenvalue weighted by Crippen LogP contribution is -2.11. The van der Waals surface area contributed by atoms with Gasteiger partial charge in [-0.05, 0) is 44.5 Å². The summed E-state index contributed by atoms with van der Waals surface area (Å²) in [5, 5.41) is 12.3. The molecule has 1 aromatic heterocycles. The van der Waals surface area contributed by atoms with Crippen molar-refractivity contribution in [1.82, 2.24) is 0 Å². The molecule has 2 aromatic rings. The second kappa shape index (κ2) is 8.80. The molecule has 1 N–H and O–H groups in total. The summed E-state index contributed by atoms with van der Waals surface area (Å²) in [4.78, 5) is 24.5. The number of halogens is 2. The first kappa shape index (κ1) is 20.6. The van der Waals surface area contributed by atoms with E-state index in [0.29, 0.717) is 5.56 Å². The van der Waals surface area contributed by atoms with E-state index in [2.05, 4.69) is 5.32 Å². The Morgan fingerprint density at radius 3 is 2.70 bits per heavy atom. The quantitative estimate of drug-likeness (QED) is 0.563. The van der Waals surface area contributed by atoms with E-state index in [1.165, 1.54) is 24.3 Å². The number of rotatable bonds is 5. The molecular formula is C19H16ClFN2O3S. The number of esters is 1. The van der Waals surface area contributed by atoms with E-state index in [0.717, 1.165) is 17.4 Å². The van der Waals surface area contributed by atoms with Crippen LogP contribution in [0.4, 0.5) is 9.39 Å². The van der Waals surface area contributed by atoms with Gasteiger partial charge in [0.15, 0.2) is 0 Å². The Kier molecular flexibility index (Phi) is 6.72. The average molecular weight is 407 g/mol. The molecule has 0 saturated heterocycles. The number of nitriles is 1. The first-order chi connectivity index (χ1) is 12.7. The van der Waals surface area contributed by atoms with Crippen molar-refractivity contribution < 1.29 is 18.7 Å². The van der Waals surface area contributed by atoms with Crippen LogP contribution in [-0.2, 0) is 9.53 Å². The number of hydrogen-bond acceptors (Lipinski definition) is 5. The van der Waals surface area contributed by atoms with Crippen LogP contribution >= 0.6 is 22.9 Å². The number of hydrogen-bond donors (Lipinski definition) is 1. The van der Waals surface area contributed by atoms with Gasteiger partial charge in [0, 0.05) is 11.6 Å². The van der Waals surface area contributed by atoms with Crippen molar-refractivity contribution in [2.45, 2.75) is 26.9 Å². The van der Waals surface area contributed by atoms with Crippen LogP contribution in [0.2, 0.25) is 5.02 Å². The molecule has 27 heavy (non-hydrogen) atoms. The molecular weight excluding hydrogens is 391 g/mol. The summed E-state index contributed by atoms with van der Waals surface area (Å²) in [7, 11) is 0. The number of carbonyl (C=O) groups excluding carboxylic acids is 2. The van der Waals surface area contributed by atoms with Gasteiger partial charge < -0.3 is 10.1 Å². The Hall–Kier alpha value is -2.69. The van der Waals surface area contributed by atoms with E-state index in [1.807, 2.05) is 6.07 Å². The molecule has 8 heteroatoms. The molecule has 0 unspecified atom stereocenters. The van der Waals surface area contributed by atoms with E-state index in [1.54, 1.807) is 20.8 Å². The van der Waals surface area contributed by atoms with E-state index in [-0.39, 0.29) is 32.1 Å². The molecule has 2 rings (SSSR count). The Morgan fingerprint density at radius 1 is 1.41 bits per heavy atom. The summed E-state index contributed by atoms with van der Waals surface area (Å²) < 4.78 is 18.9. The highest BCUT2D eigenvalue weighted by molar-refractivity contribution is 7.18. The maximum Gasteiger partial charge on any atom is 0.348 e. The van der Waals surface area contributed by atoms with E-state index in [9.17, 15) is 19.2 Å². The lowest BCUT2D eigenvalue weighted by Gasteiger charge is -2.06. The Bertz CT molecular complexity index is 940. The van der Waals surface area contributed by atoms with E-state index in [4.69, 9.17) is 16.3 Å².